The van der Waals surface area contributed by atoms with Crippen molar-refractivity contribution in [1.29, 1.82) is 0 Å². The molecular weight excluding hydrogens is 290 g/mol. The van der Waals surface area contributed by atoms with Crippen LogP contribution in [0.4, 0.5) is 0 Å². The van der Waals surface area contributed by atoms with E-state index in [9.17, 15) is 13.2 Å². The molecule has 0 spiro atoms. The van der Waals surface area contributed by atoms with Crippen LogP contribution in [0.3, 0.4) is 0 Å². The maximum Gasteiger partial charge on any atom is 0.335 e. The molecule has 21 heavy (non-hydrogen) atoms. The Kier molecular flexibility index (Phi) is 4.68. The summed E-state index contributed by atoms with van der Waals surface area (Å²) in [6.45, 7) is 3.85. The normalized spacial score (nSPS) is 16.3. The first-order valence-corrected chi connectivity index (χ1v) is 8.64. The molecule has 0 amide bonds. The Morgan fingerprint density at radius 2 is 1.90 bits per heavy atom. The van der Waals surface area contributed by atoms with Crippen LogP contribution in [0.25, 0.3) is 0 Å². The maximum absolute atomic E-state index is 12.4. The molecule has 1 aliphatic carbocycles. The van der Waals surface area contributed by atoms with E-state index in [4.69, 9.17) is 5.11 Å². The molecule has 116 valence electrons. The second-order valence-corrected chi connectivity index (χ2v) is 7.46. The fraction of sp³-hybridized carbons (Fsp3) is 0.533. The highest BCUT2D eigenvalue weighted by Gasteiger charge is 2.23. The van der Waals surface area contributed by atoms with Gasteiger partial charge in [0.1, 0.15) is 0 Å². The van der Waals surface area contributed by atoms with Crippen molar-refractivity contribution in [3.8, 4) is 0 Å². The third-order valence-corrected chi connectivity index (χ3v) is 5.74. The lowest BCUT2D eigenvalue weighted by Gasteiger charge is -2.14. The smallest absolute Gasteiger partial charge is 0.335 e. The van der Waals surface area contributed by atoms with E-state index in [-0.39, 0.29) is 10.5 Å². The van der Waals surface area contributed by atoms with Crippen molar-refractivity contribution < 1.29 is 18.3 Å². The van der Waals surface area contributed by atoms with Gasteiger partial charge in [0, 0.05) is 6.54 Å². The van der Waals surface area contributed by atoms with Gasteiger partial charge in [-0.15, -0.1) is 0 Å². The Morgan fingerprint density at radius 1 is 1.29 bits per heavy atom. The summed E-state index contributed by atoms with van der Waals surface area (Å²) in [5, 5.41) is 9.08. The van der Waals surface area contributed by atoms with Crippen LogP contribution in [0.2, 0.25) is 0 Å². The van der Waals surface area contributed by atoms with Gasteiger partial charge in [0.05, 0.1) is 10.5 Å². The Hall–Kier alpha value is -1.40. The highest BCUT2D eigenvalue weighted by Crippen LogP contribution is 2.25. The summed E-state index contributed by atoms with van der Waals surface area (Å²) in [7, 11) is -3.67. The summed E-state index contributed by atoms with van der Waals surface area (Å²) in [6, 6.07) is 2.73. The number of sulfonamides is 1. The van der Waals surface area contributed by atoms with Gasteiger partial charge < -0.3 is 5.11 Å². The van der Waals surface area contributed by atoms with Gasteiger partial charge in [0.25, 0.3) is 0 Å². The van der Waals surface area contributed by atoms with E-state index in [1.165, 1.54) is 12.1 Å². The van der Waals surface area contributed by atoms with E-state index < -0.39 is 16.0 Å². The zero-order chi connectivity index (χ0) is 15.6. The Labute approximate surface area is 125 Å². The predicted octanol–water partition coefficient (Wildman–Crippen LogP) is 2.47. The predicted molar refractivity (Wildman–Crippen MR) is 80.0 cm³/mol. The first-order valence-electron chi connectivity index (χ1n) is 7.15. The number of carboxylic acid groups (broad SMARTS) is 1. The van der Waals surface area contributed by atoms with Gasteiger partial charge in [-0.25, -0.2) is 17.9 Å². The minimum absolute atomic E-state index is 0.000610. The molecule has 0 unspecified atom stereocenters. The van der Waals surface area contributed by atoms with Crippen LogP contribution >= 0.6 is 0 Å². The van der Waals surface area contributed by atoms with Crippen LogP contribution in [0.5, 0.6) is 0 Å². The number of carbonyl (C=O) groups is 1. The number of hydrogen-bond acceptors (Lipinski definition) is 3. The lowest BCUT2D eigenvalue weighted by molar-refractivity contribution is 0.0696. The first-order chi connectivity index (χ1) is 9.81. The molecule has 0 aromatic heterocycles. The molecule has 2 rings (SSSR count). The molecule has 1 aliphatic rings. The topological polar surface area (TPSA) is 83.5 Å². The van der Waals surface area contributed by atoms with Crippen molar-refractivity contribution in [3.05, 3.63) is 28.8 Å². The van der Waals surface area contributed by atoms with Crippen LogP contribution in [-0.4, -0.2) is 26.0 Å². The highest BCUT2D eigenvalue weighted by molar-refractivity contribution is 7.89. The zero-order valence-electron chi connectivity index (χ0n) is 12.3. The number of nitrogens with one attached hydrogen (secondary N) is 1. The fourth-order valence-corrected chi connectivity index (χ4v) is 4.21. The zero-order valence-corrected chi connectivity index (χ0v) is 13.2. The fourth-order valence-electron chi connectivity index (χ4n) is 2.75. The molecule has 0 radical (unpaired) electrons. The Morgan fingerprint density at radius 3 is 2.48 bits per heavy atom. The molecule has 6 heteroatoms. The molecule has 0 heterocycles. The summed E-state index contributed by atoms with van der Waals surface area (Å²) < 4.78 is 27.5. The second kappa shape index (κ2) is 6.15. The number of benzene rings is 1. The third kappa shape index (κ3) is 3.63. The number of aryl methyl sites for hydroxylation is 1. The molecule has 0 saturated heterocycles. The van der Waals surface area contributed by atoms with E-state index in [0.29, 0.717) is 23.6 Å². The van der Waals surface area contributed by atoms with Gasteiger partial charge in [-0.2, -0.15) is 0 Å². The van der Waals surface area contributed by atoms with Crippen LogP contribution in [-0.2, 0) is 10.0 Å². The van der Waals surface area contributed by atoms with Crippen molar-refractivity contribution in [1.82, 2.24) is 4.72 Å². The van der Waals surface area contributed by atoms with E-state index in [1.807, 2.05) is 0 Å². The minimum Gasteiger partial charge on any atom is -0.478 e. The van der Waals surface area contributed by atoms with Crippen molar-refractivity contribution in [2.75, 3.05) is 6.54 Å². The molecule has 1 fully saturated rings. The van der Waals surface area contributed by atoms with E-state index in [0.717, 1.165) is 25.7 Å². The lowest BCUT2D eigenvalue weighted by atomic mass is 10.1. The summed E-state index contributed by atoms with van der Waals surface area (Å²) in [4.78, 5) is 11.2. The van der Waals surface area contributed by atoms with Crippen molar-refractivity contribution in [2.45, 2.75) is 44.4 Å². The molecular formula is C15H21NO4S. The molecule has 5 nitrogen and oxygen atoms in total. The van der Waals surface area contributed by atoms with Crippen LogP contribution in [0.15, 0.2) is 17.0 Å². The monoisotopic (exact) mass is 311 g/mol. The average molecular weight is 311 g/mol. The molecule has 2 N–H and O–H groups in total. The number of carboxylic acids is 1. The maximum atomic E-state index is 12.4. The van der Waals surface area contributed by atoms with Gasteiger partial charge >= 0.3 is 5.97 Å². The Balaban J connectivity index is 2.27. The van der Waals surface area contributed by atoms with Crippen LogP contribution < -0.4 is 4.72 Å². The van der Waals surface area contributed by atoms with E-state index >= 15 is 0 Å². The van der Waals surface area contributed by atoms with E-state index in [2.05, 4.69) is 4.72 Å². The minimum atomic E-state index is -3.67. The number of aromatic carboxylic acids is 1. The molecule has 0 bridgehead atoms. The van der Waals surface area contributed by atoms with Crippen LogP contribution in [0, 0.1) is 19.8 Å². The summed E-state index contributed by atoms with van der Waals surface area (Å²) in [6.07, 6.45) is 4.41. The van der Waals surface area contributed by atoms with Crippen molar-refractivity contribution in [2.24, 2.45) is 5.92 Å². The second-order valence-electron chi connectivity index (χ2n) is 5.72. The summed E-state index contributed by atoms with van der Waals surface area (Å²) in [5.74, 6) is -0.728. The third-order valence-electron chi connectivity index (χ3n) is 4.19. The van der Waals surface area contributed by atoms with Crippen LogP contribution in [0.1, 0.15) is 47.2 Å². The first kappa shape index (κ1) is 16.0. The van der Waals surface area contributed by atoms with Gasteiger partial charge in [0.2, 0.25) is 10.0 Å². The SMILES string of the molecule is Cc1cc(C(=O)O)cc(S(=O)(=O)NCC2CCCC2)c1C. The van der Waals surface area contributed by atoms with E-state index in [1.54, 1.807) is 13.8 Å². The average Bonchev–Trinajstić information content (AvgIpc) is 2.92. The van der Waals surface area contributed by atoms with Gasteiger partial charge in [-0.05, 0) is 55.9 Å². The van der Waals surface area contributed by atoms with Crippen molar-refractivity contribution in [3.63, 3.8) is 0 Å². The summed E-state index contributed by atoms with van der Waals surface area (Å²) in [5.41, 5.74) is 1.26. The lowest BCUT2D eigenvalue weighted by Crippen LogP contribution is -2.29. The summed E-state index contributed by atoms with van der Waals surface area (Å²) >= 11 is 0. The standard InChI is InChI=1S/C15H21NO4S/c1-10-7-13(15(17)18)8-14(11(10)2)21(19,20)16-9-12-5-3-4-6-12/h7-8,12,16H,3-6,9H2,1-2H3,(H,17,18). The number of rotatable bonds is 5. The van der Waals surface area contributed by atoms with Gasteiger partial charge in [-0.3, -0.25) is 0 Å². The van der Waals surface area contributed by atoms with Gasteiger partial charge in [0.15, 0.2) is 0 Å². The number of hydrogen-bond donors (Lipinski definition) is 2. The van der Waals surface area contributed by atoms with Crippen molar-refractivity contribution >= 4 is 16.0 Å². The largest absolute Gasteiger partial charge is 0.478 e. The molecule has 0 aliphatic heterocycles. The quantitative estimate of drug-likeness (QED) is 0.875. The molecule has 0 atom stereocenters. The molecule has 1 saturated carbocycles. The highest BCUT2D eigenvalue weighted by atomic mass is 32.2. The molecule has 1 aromatic rings. The molecule has 1 aromatic carbocycles. The Bertz CT molecular complexity index is 646. The van der Waals surface area contributed by atoms with Gasteiger partial charge in [-0.1, -0.05) is 12.8 Å².